The molecule has 4 aromatic rings. The molecule has 0 saturated carbocycles. The number of hydrogen-bond donors (Lipinski definition) is 1. The standard InChI is InChI=1S/C32H26Cl3N3O5S/c1-2-3-12-43-31(41)24-15-22(10-11-25(24)34)36-29(39)18-38-30(40)28(44-32(38)42)13-20-17-37(27-7-5-4-6-23(20)27)16-19-8-9-21(33)14-26(19)35/h4-11,13-15,17H,2-3,12,16,18H2,1H3,(H,36,39)/b28-13+. The van der Waals surface area contributed by atoms with Gasteiger partial charge in [0.1, 0.15) is 6.54 Å². The summed E-state index contributed by atoms with van der Waals surface area (Å²) in [5.41, 5.74) is 2.90. The highest BCUT2D eigenvalue weighted by Gasteiger charge is 2.36. The van der Waals surface area contributed by atoms with Crippen LogP contribution in [0.15, 0.2) is 71.8 Å². The molecule has 1 aliphatic rings. The number of nitrogens with zero attached hydrogens (tertiary/aromatic N) is 2. The third-order valence-corrected chi connectivity index (χ3v) is 8.66. The molecule has 1 fully saturated rings. The lowest BCUT2D eigenvalue weighted by molar-refractivity contribution is -0.127. The van der Waals surface area contributed by atoms with Crippen molar-refractivity contribution in [3.63, 3.8) is 0 Å². The number of ether oxygens (including phenoxy) is 1. The summed E-state index contributed by atoms with van der Waals surface area (Å²) in [6.07, 6.45) is 5.12. The smallest absolute Gasteiger partial charge is 0.339 e. The van der Waals surface area contributed by atoms with E-state index in [0.717, 1.165) is 45.1 Å². The molecule has 0 unspecified atom stereocenters. The molecule has 2 heterocycles. The van der Waals surface area contributed by atoms with Gasteiger partial charge >= 0.3 is 5.97 Å². The van der Waals surface area contributed by atoms with Crippen LogP contribution in [-0.2, 0) is 20.9 Å². The Bertz CT molecular complexity index is 1820. The largest absolute Gasteiger partial charge is 0.462 e. The predicted molar refractivity (Wildman–Crippen MR) is 175 cm³/mol. The van der Waals surface area contributed by atoms with Crippen molar-refractivity contribution in [2.75, 3.05) is 18.5 Å². The van der Waals surface area contributed by atoms with E-state index >= 15 is 0 Å². The van der Waals surface area contributed by atoms with Crippen LogP contribution >= 0.6 is 46.6 Å². The van der Waals surface area contributed by atoms with E-state index in [1.165, 1.54) is 18.2 Å². The minimum absolute atomic E-state index is 0.104. The van der Waals surface area contributed by atoms with Gasteiger partial charge in [-0.3, -0.25) is 19.3 Å². The molecular formula is C32H26Cl3N3O5S. The van der Waals surface area contributed by atoms with Crippen LogP contribution in [-0.4, -0.2) is 45.6 Å². The normalized spacial score (nSPS) is 14.1. The van der Waals surface area contributed by atoms with Crippen molar-refractivity contribution in [1.29, 1.82) is 0 Å². The van der Waals surface area contributed by atoms with Gasteiger partial charge in [0.2, 0.25) is 5.91 Å². The van der Waals surface area contributed by atoms with Crippen molar-refractivity contribution < 1.29 is 23.9 Å². The second kappa shape index (κ2) is 13.9. The van der Waals surface area contributed by atoms with Crippen molar-refractivity contribution >= 4 is 92.3 Å². The average molecular weight is 671 g/mol. The number of amides is 3. The first-order chi connectivity index (χ1) is 21.1. The first-order valence-electron chi connectivity index (χ1n) is 13.7. The first-order valence-corrected chi connectivity index (χ1v) is 15.6. The molecule has 5 rings (SSSR count). The number of benzene rings is 3. The van der Waals surface area contributed by atoms with Gasteiger partial charge in [0.25, 0.3) is 11.1 Å². The molecule has 1 aromatic heterocycles. The highest BCUT2D eigenvalue weighted by Crippen LogP contribution is 2.35. The summed E-state index contributed by atoms with van der Waals surface area (Å²) in [5, 5.41) is 4.20. The molecule has 0 spiro atoms. The number of carbonyl (C=O) groups excluding carboxylic acids is 4. The van der Waals surface area contributed by atoms with Gasteiger partial charge in [-0.2, -0.15) is 0 Å². The second-order valence-electron chi connectivity index (χ2n) is 9.97. The number of anilines is 1. The lowest BCUT2D eigenvalue weighted by Gasteiger charge is -2.13. The summed E-state index contributed by atoms with van der Waals surface area (Å²) >= 11 is 19.4. The molecule has 226 valence electrons. The third-order valence-electron chi connectivity index (χ3n) is 6.84. The summed E-state index contributed by atoms with van der Waals surface area (Å²) in [7, 11) is 0. The Balaban J connectivity index is 1.31. The van der Waals surface area contributed by atoms with Crippen molar-refractivity contribution in [2.45, 2.75) is 26.3 Å². The molecule has 0 atom stereocenters. The monoisotopic (exact) mass is 669 g/mol. The van der Waals surface area contributed by atoms with Crippen LogP contribution in [0.3, 0.4) is 0 Å². The molecule has 0 bridgehead atoms. The molecule has 3 amide bonds. The Morgan fingerprint density at radius 1 is 1.00 bits per heavy atom. The molecule has 12 heteroatoms. The van der Waals surface area contributed by atoms with Gasteiger partial charge in [-0.15, -0.1) is 0 Å². The molecule has 44 heavy (non-hydrogen) atoms. The van der Waals surface area contributed by atoms with E-state index in [1.807, 2.05) is 48.0 Å². The average Bonchev–Trinajstić information content (AvgIpc) is 3.47. The third kappa shape index (κ3) is 7.13. The molecular weight excluding hydrogens is 645 g/mol. The quantitative estimate of drug-likeness (QED) is 0.104. The molecule has 3 aromatic carbocycles. The Kier molecular flexibility index (Phi) is 10.0. The Labute approximate surface area is 272 Å². The minimum Gasteiger partial charge on any atom is -0.462 e. The van der Waals surface area contributed by atoms with Crippen LogP contribution in [0.5, 0.6) is 0 Å². The molecule has 1 aliphatic heterocycles. The van der Waals surface area contributed by atoms with Gasteiger partial charge < -0.3 is 14.6 Å². The topological polar surface area (TPSA) is 97.7 Å². The number of esters is 1. The fourth-order valence-electron chi connectivity index (χ4n) is 4.62. The van der Waals surface area contributed by atoms with Gasteiger partial charge in [-0.05, 0) is 66.2 Å². The van der Waals surface area contributed by atoms with Gasteiger partial charge in [0, 0.05) is 44.9 Å². The summed E-state index contributed by atoms with van der Waals surface area (Å²) in [6.45, 7) is 2.20. The van der Waals surface area contributed by atoms with Crippen LogP contribution in [0, 0.1) is 0 Å². The van der Waals surface area contributed by atoms with E-state index in [0.29, 0.717) is 23.0 Å². The first kappa shape index (κ1) is 31.7. The van der Waals surface area contributed by atoms with Crippen LogP contribution in [0.1, 0.15) is 41.3 Å². The van der Waals surface area contributed by atoms with Crippen molar-refractivity contribution in [1.82, 2.24) is 9.47 Å². The van der Waals surface area contributed by atoms with E-state index in [4.69, 9.17) is 39.5 Å². The van der Waals surface area contributed by atoms with E-state index < -0.39 is 29.6 Å². The van der Waals surface area contributed by atoms with Gasteiger partial charge in [0.15, 0.2) is 0 Å². The van der Waals surface area contributed by atoms with Crippen LogP contribution < -0.4 is 5.32 Å². The Morgan fingerprint density at radius 3 is 2.57 bits per heavy atom. The number of aromatic nitrogens is 1. The zero-order valence-corrected chi connectivity index (χ0v) is 26.5. The lowest BCUT2D eigenvalue weighted by atomic mass is 10.1. The zero-order valence-electron chi connectivity index (χ0n) is 23.4. The highest BCUT2D eigenvalue weighted by molar-refractivity contribution is 8.18. The molecule has 0 aliphatic carbocycles. The number of para-hydroxylation sites is 1. The maximum Gasteiger partial charge on any atom is 0.339 e. The highest BCUT2D eigenvalue weighted by atomic mass is 35.5. The Hall–Kier alpha value is -3.76. The van der Waals surface area contributed by atoms with Crippen molar-refractivity contribution in [2.24, 2.45) is 0 Å². The summed E-state index contributed by atoms with van der Waals surface area (Å²) in [6, 6.07) is 17.4. The molecule has 1 N–H and O–H groups in total. The van der Waals surface area contributed by atoms with Gasteiger partial charge in [0.05, 0.1) is 22.1 Å². The van der Waals surface area contributed by atoms with Gasteiger partial charge in [-0.1, -0.05) is 72.4 Å². The number of nitrogens with one attached hydrogen (secondary N) is 1. The number of thioether (sulfide) groups is 1. The molecule has 8 nitrogen and oxygen atoms in total. The van der Waals surface area contributed by atoms with Crippen LogP contribution in [0.4, 0.5) is 10.5 Å². The van der Waals surface area contributed by atoms with E-state index in [-0.39, 0.29) is 27.8 Å². The Morgan fingerprint density at radius 2 is 1.80 bits per heavy atom. The summed E-state index contributed by atoms with van der Waals surface area (Å²) in [5.74, 6) is -1.80. The molecule has 0 radical (unpaired) electrons. The molecule has 1 saturated heterocycles. The number of halogens is 3. The number of rotatable bonds is 10. The van der Waals surface area contributed by atoms with E-state index in [1.54, 1.807) is 18.2 Å². The van der Waals surface area contributed by atoms with E-state index in [2.05, 4.69) is 5.32 Å². The number of hydrogen-bond acceptors (Lipinski definition) is 6. The summed E-state index contributed by atoms with van der Waals surface area (Å²) < 4.78 is 7.23. The lowest BCUT2D eigenvalue weighted by Crippen LogP contribution is -2.36. The van der Waals surface area contributed by atoms with Crippen molar-refractivity contribution in [3.05, 3.63) is 104 Å². The second-order valence-corrected chi connectivity index (χ2v) is 12.2. The van der Waals surface area contributed by atoms with Crippen LogP contribution in [0.2, 0.25) is 15.1 Å². The zero-order chi connectivity index (χ0) is 31.4. The van der Waals surface area contributed by atoms with Crippen LogP contribution in [0.25, 0.3) is 17.0 Å². The number of fused-ring (bicyclic) bond motifs is 1. The fourth-order valence-corrected chi connectivity index (χ4v) is 6.11. The van der Waals surface area contributed by atoms with Crippen molar-refractivity contribution in [3.8, 4) is 0 Å². The maximum absolute atomic E-state index is 13.3. The number of unbranched alkanes of at least 4 members (excludes halogenated alkanes) is 1. The number of carbonyl (C=O) groups is 4. The summed E-state index contributed by atoms with van der Waals surface area (Å²) in [4.78, 5) is 52.4. The number of imide groups is 1. The maximum atomic E-state index is 13.3. The van der Waals surface area contributed by atoms with E-state index in [9.17, 15) is 19.2 Å². The predicted octanol–water partition coefficient (Wildman–Crippen LogP) is 8.28. The minimum atomic E-state index is -0.613. The van der Waals surface area contributed by atoms with Gasteiger partial charge in [-0.25, -0.2) is 4.79 Å². The SMILES string of the molecule is CCCCOC(=O)c1cc(NC(=O)CN2C(=O)S/C(=C/c3cn(Cc4ccc(Cl)cc4Cl)c4ccccc34)C2=O)ccc1Cl. The fraction of sp³-hybridized carbons (Fsp3) is 0.188.